The lowest BCUT2D eigenvalue weighted by molar-refractivity contribution is 0.100. The van der Waals surface area contributed by atoms with Gasteiger partial charge in [0.1, 0.15) is 22.8 Å². The van der Waals surface area contributed by atoms with Crippen molar-refractivity contribution in [3.63, 3.8) is 0 Å². The Morgan fingerprint density at radius 3 is 2.76 bits per heavy atom. The average molecular weight is 393 g/mol. The number of carbonyl (C=O) groups excluding carboxylic acids is 1. The smallest absolute Gasteiger partial charge is 0.254 e. The molecular weight excluding hydrogens is 366 g/mol. The number of fused-ring (bicyclic) bond motifs is 1. The van der Waals surface area contributed by atoms with Gasteiger partial charge in [-0.25, -0.2) is 4.68 Å². The zero-order valence-corrected chi connectivity index (χ0v) is 16.7. The third-order valence-electron chi connectivity index (χ3n) is 5.63. The number of hydrogen-bond donors (Lipinski definition) is 2. The normalized spacial score (nSPS) is 14.9. The SMILES string of the molecule is CCOc1ccc2cc(-c3nn(CC4CCCCC4)c(N)c3C(N)=O)cnc2c1. The number of nitrogen functional groups attached to an aromatic ring is 1. The molecule has 29 heavy (non-hydrogen) atoms. The highest BCUT2D eigenvalue weighted by molar-refractivity contribution is 6.03. The number of ether oxygens (including phenoxy) is 1. The molecule has 1 aliphatic carbocycles. The molecule has 0 spiro atoms. The van der Waals surface area contributed by atoms with E-state index in [0.29, 0.717) is 30.6 Å². The van der Waals surface area contributed by atoms with Crippen molar-refractivity contribution >= 4 is 22.6 Å². The van der Waals surface area contributed by atoms with E-state index in [1.165, 1.54) is 32.1 Å². The van der Waals surface area contributed by atoms with Gasteiger partial charge >= 0.3 is 0 Å². The van der Waals surface area contributed by atoms with Crippen LogP contribution >= 0.6 is 0 Å². The summed E-state index contributed by atoms with van der Waals surface area (Å²) in [5.41, 5.74) is 14.3. The van der Waals surface area contributed by atoms with Crippen LogP contribution in [0.1, 0.15) is 49.4 Å². The van der Waals surface area contributed by atoms with Gasteiger partial charge in [0.15, 0.2) is 0 Å². The predicted molar refractivity (Wildman–Crippen MR) is 114 cm³/mol. The number of primary amides is 1. The summed E-state index contributed by atoms with van der Waals surface area (Å²) in [6.07, 6.45) is 7.80. The fourth-order valence-electron chi connectivity index (χ4n) is 4.16. The third-order valence-corrected chi connectivity index (χ3v) is 5.63. The number of aromatic nitrogens is 3. The molecule has 7 heteroatoms. The van der Waals surface area contributed by atoms with Crippen molar-refractivity contribution in [2.45, 2.75) is 45.6 Å². The second kappa shape index (κ2) is 8.11. The summed E-state index contributed by atoms with van der Waals surface area (Å²) in [7, 11) is 0. The molecule has 2 aromatic heterocycles. The number of hydrogen-bond acceptors (Lipinski definition) is 5. The Morgan fingerprint density at radius 1 is 1.24 bits per heavy atom. The van der Waals surface area contributed by atoms with Crippen LogP contribution in [0.25, 0.3) is 22.2 Å². The Labute approximate surface area is 170 Å². The van der Waals surface area contributed by atoms with Crippen LogP contribution in [0.5, 0.6) is 5.75 Å². The molecule has 3 aromatic rings. The second-order valence-electron chi connectivity index (χ2n) is 7.67. The lowest BCUT2D eigenvalue weighted by Gasteiger charge is -2.21. The number of nitrogens with zero attached hydrogens (tertiary/aromatic N) is 3. The van der Waals surface area contributed by atoms with Crippen LogP contribution in [0, 0.1) is 5.92 Å². The zero-order valence-electron chi connectivity index (χ0n) is 16.7. The Bertz CT molecular complexity index is 1040. The van der Waals surface area contributed by atoms with E-state index in [1.54, 1.807) is 10.9 Å². The molecule has 4 N–H and O–H groups in total. The molecule has 1 amide bonds. The van der Waals surface area contributed by atoms with Crippen molar-refractivity contribution in [1.29, 1.82) is 0 Å². The second-order valence-corrected chi connectivity index (χ2v) is 7.67. The van der Waals surface area contributed by atoms with Gasteiger partial charge in [0.25, 0.3) is 5.91 Å². The van der Waals surface area contributed by atoms with Crippen molar-refractivity contribution in [1.82, 2.24) is 14.8 Å². The van der Waals surface area contributed by atoms with E-state index in [1.807, 2.05) is 31.2 Å². The highest BCUT2D eigenvalue weighted by atomic mass is 16.5. The van der Waals surface area contributed by atoms with E-state index in [0.717, 1.165) is 22.2 Å². The summed E-state index contributed by atoms with van der Waals surface area (Å²) < 4.78 is 7.28. The highest BCUT2D eigenvalue weighted by Gasteiger charge is 2.24. The molecule has 0 unspecified atom stereocenters. The predicted octanol–water partition coefficient (Wildman–Crippen LogP) is 3.76. The van der Waals surface area contributed by atoms with Gasteiger partial charge in [-0.1, -0.05) is 19.3 Å². The van der Waals surface area contributed by atoms with Crippen LogP contribution in [0.2, 0.25) is 0 Å². The maximum absolute atomic E-state index is 12.2. The van der Waals surface area contributed by atoms with Crippen molar-refractivity contribution in [3.05, 3.63) is 36.0 Å². The van der Waals surface area contributed by atoms with Gasteiger partial charge in [-0.3, -0.25) is 9.78 Å². The molecule has 1 saturated carbocycles. The molecule has 0 atom stereocenters. The largest absolute Gasteiger partial charge is 0.494 e. The molecule has 152 valence electrons. The molecule has 0 aliphatic heterocycles. The number of rotatable bonds is 6. The highest BCUT2D eigenvalue weighted by Crippen LogP contribution is 2.32. The lowest BCUT2D eigenvalue weighted by Crippen LogP contribution is -2.18. The standard InChI is InChI=1S/C22H27N5O2/c1-2-29-17-9-8-15-10-16(12-25-18(15)11-17)20-19(22(24)28)21(23)27(26-20)13-14-6-4-3-5-7-14/h8-12,14H,2-7,13,23H2,1H3,(H2,24,28). The van der Waals surface area contributed by atoms with E-state index in [4.69, 9.17) is 16.2 Å². The van der Waals surface area contributed by atoms with Crippen LogP contribution in [0.4, 0.5) is 5.82 Å². The Morgan fingerprint density at radius 2 is 2.03 bits per heavy atom. The van der Waals surface area contributed by atoms with Crippen LogP contribution < -0.4 is 16.2 Å². The van der Waals surface area contributed by atoms with Crippen LogP contribution in [0.15, 0.2) is 30.5 Å². The molecule has 7 nitrogen and oxygen atoms in total. The first-order chi connectivity index (χ1) is 14.1. The van der Waals surface area contributed by atoms with Crippen molar-refractivity contribution in [2.24, 2.45) is 11.7 Å². The molecule has 2 heterocycles. The third kappa shape index (κ3) is 3.90. The first-order valence-corrected chi connectivity index (χ1v) is 10.3. The van der Waals surface area contributed by atoms with Gasteiger partial charge in [-0.2, -0.15) is 5.10 Å². The molecule has 0 bridgehead atoms. The van der Waals surface area contributed by atoms with Crippen molar-refractivity contribution < 1.29 is 9.53 Å². The summed E-state index contributed by atoms with van der Waals surface area (Å²) in [6.45, 7) is 3.26. The van der Waals surface area contributed by atoms with Crippen LogP contribution in [0.3, 0.4) is 0 Å². The van der Waals surface area contributed by atoms with Crippen molar-refractivity contribution in [3.8, 4) is 17.0 Å². The number of pyridine rings is 1. The summed E-state index contributed by atoms with van der Waals surface area (Å²) in [5, 5.41) is 5.61. The summed E-state index contributed by atoms with van der Waals surface area (Å²) in [5.74, 6) is 1.08. The number of carbonyl (C=O) groups is 1. The van der Waals surface area contributed by atoms with E-state index in [-0.39, 0.29) is 5.56 Å². The number of anilines is 1. The van der Waals surface area contributed by atoms with Gasteiger partial charge in [0.2, 0.25) is 0 Å². The van der Waals surface area contributed by atoms with Gasteiger partial charge in [-0.05, 0) is 43.9 Å². The molecule has 1 fully saturated rings. The van der Waals surface area contributed by atoms with Gasteiger partial charge in [-0.15, -0.1) is 0 Å². The van der Waals surface area contributed by atoms with Gasteiger partial charge in [0, 0.05) is 29.8 Å². The van der Waals surface area contributed by atoms with E-state index in [9.17, 15) is 4.79 Å². The topological polar surface area (TPSA) is 109 Å². The summed E-state index contributed by atoms with van der Waals surface area (Å²) >= 11 is 0. The Balaban J connectivity index is 1.72. The minimum absolute atomic E-state index is 0.271. The average Bonchev–Trinajstić information content (AvgIpc) is 3.05. The lowest BCUT2D eigenvalue weighted by atomic mass is 9.89. The summed E-state index contributed by atoms with van der Waals surface area (Å²) in [6, 6.07) is 7.70. The maximum atomic E-state index is 12.2. The van der Waals surface area contributed by atoms with Crippen LogP contribution in [-0.4, -0.2) is 27.3 Å². The monoisotopic (exact) mass is 393 g/mol. The quantitative estimate of drug-likeness (QED) is 0.663. The first kappa shape index (κ1) is 19.2. The Kier molecular flexibility index (Phi) is 5.38. The molecule has 1 aliphatic rings. The number of nitrogens with two attached hydrogens (primary N) is 2. The van der Waals surface area contributed by atoms with E-state index < -0.39 is 5.91 Å². The Hall–Kier alpha value is -3.09. The number of benzene rings is 1. The van der Waals surface area contributed by atoms with Gasteiger partial charge < -0.3 is 16.2 Å². The molecule has 1 aromatic carbocycles. The molecule has 0 radical (unpaired) electrons. The van der Waals surface area contributed by atoms with E-state index >= 15 is 0 Å². The van der Waals surface area contributed by atoms with Gasteiger partial charge in [0.05, 0.1) is 12.1 Å². The zero-order chi connectivity index (χ0) is 20.4. The molecular formula is C22H27N5O2. The fraction of sp³-hybridized carbons (Fsp3) is 0.409. The number of amides is 1. The molecule has 4 rings (SSSR count). The minimum atomic E-state index is -0.570. The summed E-state index contributed by atoms with van der Waals surface area (Å²) in [4.78, 5) is 16.7. The first-order valence-electron chi connectivity index (χ1n) is 10.3. The van der Waals surface area contributed by atoms with E-state index in [2.05, 4.69) is 10.1 Å². The van der Waals surface area contributed by atoms with Crippen LogP contribution in [-0.2, 0) is 6.54 Å². The molecule has 0 saturated heterocycles. The minimum Gasteiger partial charge on any atom is -0.494 e. The maximum Gasteiger partial charge on any atom is 0.254 e. The van der Waals surface area contributed by atoms with Crippen molar-refractivity contribution in [2.75, 3.05) is 12.3 Å². The fourth-order valence-corrected chi connectivity index (χ4v) is 4.16.